The van der Waals surface area contributed by atoms with Crippen molar-refractivity contribution in [2.24, 2.45) is 0 Å². The number of benzene rings is 1. The molecule has 0 fully saturated rings. The summed E-state index contributed by atoms with van der Waals surface area (Å²) in [4.78, 5) is 12.9. The van der Waals surface area contributed by atoms with Crippen LogP contribution in [0.4, 0.5) is 0 Å². The number of tetrazole rings is 1. The van der Waals surface area contributed by atoms with E-state index in [0.29, 0.717) is 10.9 Å². The lowest BCUT2D eigenvalue weighted by Gasteiger charge is -2.19. The average molecular weight is 428 g/mol. The molecule has 0 radical (unpaired) electrons. The molecule has 30 heavy (non-hydrogen) atoms. The monoisotopic (exact) mass is 427 g/mol. The predicted molar refractivity (Wildman–Crippen MR) is 118 cm³/mol. The molecule has 2 aromatic heterocycles. The molecule has 8 heteroatoms. The number of rotatable bonds is 8. The van der Waals surface area contributed by atoms with Gasteiger partial charge in [-0.15, -0.1) is 5.10 Å². The molecular weight excluding hydrogens is 398 g/mol. The topological polar surface area (TPSA) is 74.8 Å². The van der Waals surface area contributed by atoms with E-state index in [1.165, 1.54) is 17.3 Å². The third kappa shape index (κ3) is 4.92. The summed E-state index contributed by atoms with van der Waals surface area (Å²) in [5, 5.41) is 12.5. The second-order valence-electron chi connectivity index (χ2n) is 8.29. The molecule has 0 amide bonds. The third-order valence-electron chi connectivity index (χ3n) is 5.07. The maximum absolute atomic E-state index is 12.9. The molecule has 0 saturated carbocycles. The molecular formula is C22H29N5O2S. The van der Waals surface area contributed by atoms with E-state index < -0.39 is 0 Å². The van der Waals surface area contributed by atoms with Crippen molar-refractivity contribution >= 4 is 17.5 Å². The molecule has 3 rings (SSSR count). The van der Waals surface area contributed by atoms with Gasteiger partial charge in [0.25, 0.3) is 0 Å². The highest BCUT2D eigenvalue weighted by molar-refractivity contribution is 7.99. The van der Waals surface area contributed by atoms with Gasteiger partial charge in [-0.2, -0.15) is 0 Å². The fraction of sp³-hybridized carbons (Fsp3) is 0.455. The van der Waals surface area contributed by atoms with Crippen LogP contribution < -0.4 is 4.74 Å². The summed E-state index contributed by atoms with van der Waals surface area (Å²) in [6.45, 7) is 11.0. The normalized spacial score (nSPS) is 11.7. The summed E-state index contributed by atoms with van der Waals surface area (Å²) in [5.41, 5.74) is 3.87. The zero-order valence-electron chi connectivity index (χ0n) is 18.5. The van der Waals surface area contributed by atoms with Crippen molar-refractivity contribution in [3.05, 3.63) is 52.8 Å². The third-order valence-corrected chi connectivity index (χ3v) is 5.99. The average Bonchev–Trinajstić information content (AvgIpc) is 3.30. The van der Waals surface area contributed by atoms with Crippen molar-refractivity contribution in [1.82, 2.24) is 24.8 Å². The van der Waals surface area contributed by atoms with E-state index in [2.05, 4.69) is 32.2 Å². The number of aromatic nitrogens is 5. The molecule has 0 unspecified atom stereocenters. The van der Waals surface area contributed by atoms with Crippen LogP contribution >= 0.6 is 11.8 Å². The van der Waals surface area contributed by atoms with Crippen molar-refractivity contribution in [1.29, 1.82) is 0 Å². The molecule has 2 heterocycles. The van der Waals surface area contributed by atoms with E-state index in [-0.39, 0.29) is 11.3 Å². The first kappa shape index (κ1) is 22.1. The second-order valence-corrected chi connectivity index (χ2v) is 9.23. The van der Waals surface area contributed by atoms with Gasteiger partial charge in [-0.1, -0.05) is 23.9 Å². The van der Waals surface area contributed by atoms with Gasteiger partial charge < -0.3 is 9.30 Å². The quantitative estimate of drug-likeness (QED) is 0.398. The SMILES string of the molecule is COc1ccc(CCn2c(C)cc(C(=O)CSc3nnnn3C(C)(C)C)c2C)cc1. The highest BCUT2D eigenvalue weighted by Gasteiger charge is 2.22. The van der Waals surface area contributed by atoms with Crippen molar-refractivity contribution in [3.63, 3.8) is 0 Å². The Morgan fingerprint density at radius 3 is 2.50 bits per heavy atom. The molecule has 0 atom stereocenters. The lowest BCUT2D eigenvalue weighted by molar-refractivity contribution is 0.102. The van der Waals surface area contributed by atoms with Gasteiger partial charge in [0.1, 0.15) is 5.75 Å². The van der Waals surface area contributed by atoms with Crippen LogP contribution in [0, 0.1) is 13.8 Å². The molecule has 0 saturated heterocycles. The van der Waals surface area contributed by atoms with Crippen LogP contribution in [0.3, 0.4) is 0 Å². The summed E-state index contributed by atoms with van der Waals surface area (Å²) < 4.78 is 9.18. The first-order valence-electron chi connectivity index (χ1n) is 9.95. The number of nitrogens with zero attached hydrogens (tertiary/aromatic N) is 5. The number of carbonyl (C=O) groups excluding carboxylic acids is 1. The largest absolute Gasteiger partial charge is 0.497 e. The number of carbonyl (C=O) groups is 1. The van der Waals surface area contributed by atoms with Crippen LogP contribution in [0.15, 0.2) is 35.5 Å². The molecule has 0 bridgehead atoms. The molecule has 0 aliphatic carbocycles. The predicted octanol–water partition coefficient (Wildman–Crippen LogP) is 4.07. The highest BCUT2D eigenvalue weighted by atomic mass is 32.2. The number of ketones is 1. The number of ether oxygens (including phenoxy) is 1. The van der Waals surface area contributed by atoms with E-state index in [0.717, 1.165) is 35.7 Å². The van der Waals surface area contributed by atoms with E-state index in [1.54, 1.807) is 11.8 Å². The van der Waals surface area contributed by atoms with Gasteiger partial charge in [0, 0.05) is 23.5 Å². The maximum atomic E-state index is 12.9. The van der Waals surface area contributed by atoms with Crippen LogP contribution in [-0.2, 0) is 18.5 Å². The number of aryl methyl sites for hydroxylation is 2. The number of hydrogen-bond acceptors (Lipinski definition) is 6. The maximum Gasteiger partial charge on any atom is 0.210 e. The Morgan fingerprint density at radius 2 is 1.87 bits per heavy atom. The molecule has 0 aliphatic heterocycles. The zero-order chi connectivity index (χ0) is 21.9. The number of thioether (sulfide) groups is 1. The lowest BCUT2D eigenvalue weighted by atomic mass is 10.1. The molecule has 3 aromatic rings. The van der Waals surface area contributed by atoms with Gasteiger partial charge in [0.2, 0.25) is 5.16 Å². The Kier molecular flexibility index (Phi) is 6.65. The first-order chi connectivity index (χ1) is 14.2. The van der Waals surface area contributed by atoms with E-state index in [1.807, 2.05) is 52.8 Å². The van der Waals surface area contributed by atoms with Gasteiger partial charge in [-0.05, 0) is 75.2 Å². The Morgan fingerprint density at radius 1 is 1.17 bits per heavy atom. The summed E-state index contributed by atoms with van der Waals surface area (Å²) >= 11 is 1.38. The Bertz CT molecular complexity index is 1020. The molecule has 7 nitrogen and oxygen atoms in total. The number of Topliss-reactive ketones (excluding diaryl/α,β-unsaturated/α-hetero) is 1. The van der Waals surface area contributed by atoms with E-state index in [4.69, 9.17) is 4.74 Å². The summed E-state index contributed by atoms with van der Waals surface area (Å²) in [7, 11) is 1.67. The number of hydrogen-bond donors (Lipinski definition) is 0. The standard InChI is InChI=1S/C22H29N5O2S/c1-15-13-19(20(28)14-30-21-23-24-25-27(21)22(3,4)5)16(2)26(15)12-11-17-7-9-18(29-6)10-8-17/h7-10,13H,11-12,14H2,1-6H3. The summed E-state index contributed by atoms with van der Waals surface area (Å²) in [5.74, 6) is 1.25. The summed E-state index contributed by atoms with van der Waals surface area (Å²) in [6, 6.07) is 10.1. The van der Waals surface area contributed by atoms with Crippen molar-refractivity contribution in [3.8, 4) is 5.75 Å². The molecule has 1 aromatic carbocycles. The van der Waals surface area contributed by atoms with Crippen molar-refractivity contribution in [2.45, 2.75) is 58.3 Å². The summed E-state index contributed by atoms with van der Waals surface area (Å²) in [6.07, 6.45) is 0.892. The lowest BCUT2D eigenvalue weighted by Crippen LogP contribution is -2.24. The minimum atomic E-state index is -0.230. The molecule has 0 spiro atoms. The minimum absolute atomic E-state index is 0.0901. The minimum Gasteiger partial charge on any atom is -0.497 e. The van der Waals surface area contributed by atoms with Gasteiger partial charge in [-0.3, -0.25) is 4.79 Å². The van der Waals surface area contributed by atoms with Gasteiger partial charge in [0.05, 0.1) is 18.4 Å². The fourth-order valence-corrected chi connectivity index (χ4v) is 4.30. The Hall–Kier alpha value is -2.61. The fourth-order valence-electron chi connectivity index (χ4n) is 3.36. The highest BCUT2D eigenvalue weighted by Crippen LogP contribution is 2.24. The first-order valence-corrected chi connectivity index (χ1v) is 10.9. The molecule has 0 aliphatic rings. The van der Waals surface area contributed by atoms with Crippen LogP contribution in [0.2, 0.25) is 0 Å². The van der Waals surface area contributed by atoms with Gasteiger partial charge in [0.15, 0.2) is 5.78 Å². The van der Waals surface area contributed by atoms with E-state index >= 15 is 0 Å². The van der Waals surface area contributed by atoms with Crippen LogP contribution in [0.5, 0.6) is 5.75 Å². The van der Waals surface area contributed by atoms with Crippen LogP contribution in [0.1, 0.15) is 48.1 Å². The molecule has 160 valence electrons. The van der Waals surface area contributed by atoms with Crippen LogP contribution in [-0.4, -0.2) is 43.4 Å². The smallest absolute Gasteiger partial charge is 0.210 e. The van der Waals surface area contributed by atoms with Crippen molar-refractivity contribution < 1.29 is 9.53 Å². The van der Waals surface area contributed by atoms with Gasteiger partial charge in [-0.25, -0.2) is 4.68 Å². The van der Waals surface area contributed by atoms with Crippen molar-refractivity contribution in [2.75, 3.05) is 12.9 Å². The Labute approximate surface area is 181 Å². The zero-order valence-corrected chi connectivity index (χ0v) is 19.3. The Balaban J connectivity index is 1.67. The van der Waals surface area contributed by atoms with Gasteiger partial charge >= 0.3 is 0 Å². The molecule has 0 N–H and O–H groups in total. The van der Waals surface area contributed by atoms with Crippen LogP contribution in [0.25, 0.3) is 0 Å². The number of methoxy groups -OCH3 is 1. The van der Waals surface area contributed by atoms with E-state index in [9.17, 15) is 4.79 Å². The second kappa shape index (κ2) is 9.04.